The highest BCUT2D eigenvalue weighted by Gasteiger charge is 2.03. The molecular weight excluding hydrogens is 206 g/mol. The maximum absolute atomic E-state index is 5.68. The molecule has 2 rings (SSSR count). The number of hydrogen-bond donors (Lipinski definition) is 1. The van der Waals surface area contributed by atoms with Crippen molar-refractivity contribution in [3.8, 4) is 5.75 Å². The summed E-state index contributed by atoms with van der Waals surface area (Å²) >= 11 is 1.63. The molecule has 0 unspecified atom stereocenters. The average molecular weight is 219 g/mol. The van der Waals surface area contributed by atoms with Gasteiger partial charge >= 0.3 is 0 Å². The van der Waals surface area contributed by atoms with E-state index in [4.69, 9.17) is 10.5 Å². The second kappa shape index (κ2) is 4.96. The summed E-state index contributed by atoms with van der Waals surface area (Å²) in [5.74, 6) is 0.909. The van der Waals surface area contributed by atoms with E-state index in [1.54, 1.807) is 11.3 Å². The van der Waals surface area contributed by atoms with Gasteiger partial charge in [-0.05, 0) is 17.0 Å². The molecule has 0 radical (unpaired) electrons. The van der Waals surface area contributed by atoms with Crippen LogP contribution < -0.4 is 10.5 Å². The SMILES string of the molecule is NCc1sccc1OCc1ccccc1. The van der Waals surface area contributed by atoms with Crippen LogP contribution >= 0.6 is 11.3 Å². The molecule has 0 bridgehead atoms. The van der Waals surface area contributed by atoms with Gasteiger partial charge < -0.3 is 10.5 Å². The van der Waals surface area contributed by atoms with Crippen molar-refractivity contribution < 1.29 is 4.74 Å². The summed E-state index contributed by atoms with van der Waals surface area (Å²) in [5.41, 5.74) is 6.77. The first kappa shape index (κ1) is 10.2. The molecule has 0 aliphatic rings. The average Bonchev–Trinajstić information content (AvgIpc) is 2.75. The van der Waals surface area contributed by atoms with Crippen molar-refractivity contribution in [1.29, 1.82) is 0 Å². The van der Waals surface area contributed by atoms with Crippen LogP contribution in [0.1, 0.15) is 10.4 Å². The van der Waals surface area contributed by atoms with E-state index in [0.717, 1.165) is 10.6 Å². The van der Waals surface area contributed by atoms with E-state index in [1.807, 2.05) is 29.6 Å². The Labute approximate surface area is 93.3 Å². The molecule has 0 saturated heterocycles. The number of rotatable bonds is 4. The summed E-state index contributed by atoms with van der Waals surface area (Å²) in [6, 6.07) is 12.1. The van der Waals surface area contributed by atoms with Gasteiger partial charge in [-0.1, -0.05) is 30.3 Å². The Morgan fingerprint density at radius 1 is 1.13 bits per heavy atom. The molecule has 1 aromatic carbocycles. The Balaban J connectivity index is 1.99. The van der Waals surface area contributed by atoms with Crippen molar-refractivity contribution in [2.45, 2.75) is 13.2 Å². The zero-order chi connectivity index (χ0) is 10.5. The Morgan fingerprint density at radius 2 is 1.93 bits per heavy atom. The second-order valence-electron chi connectivity index (χ2n) is 3.19. The molecule has 0 spiro atoms. The standard InChI is InChI=1S/C12H13NOS/c13-8-12-11(6-7-15-12)14-9-10-4-2-1-3-5-10/h1-7H,8-9,13H2. The number of benzene rings is 1. The third kappa shape index (κ3) is 2.58. The van der Waals surface area contributed by atoms with Gasteiger partial charge in [0.1, 0.15) is 12.4 Å². The molecule has 0 fully saturated rings. The van der Waals surface area contributed by atoms with E-state index in [1.165, 1.54) is 5.56 Å². The maximum Gasteiger partial charge on any atom is 0.134 e. The summed E-state index contributed by atoms with van der Waals surface area (Å²) in [6.45, 7) is 1.15. The van der Waals surface area contributed by atoms with Crippen molar-refractivity contribution in [2.75, 3.05) is 0 Å². The summed E-state index contributed by atoms with van der Waals surface area (Å²) in [7, 11) is 0. The molecule has 0 aliphatic heterocycles. The first-order valence-corrected chi connectivity index (χ1v) is 5.71. The van der Waals surface area contributed by atoms with Crippen LogP contribution in [0.5, 0.6) is 5.75 Å². The number of nitrogens with two attached hydrogens (primary N) is 1. The van der Waals surface area contributed by atoms with E-state index in [9.17, 15) is 0 Å². The van der Waals surface area contributed by atoms with Crippen LogP contribution in [-0.4, -0.2) is 0 Å². The normalized spacial score (nSPS) is 10.2. The lowest BCUT2D eigenvalue weighted by atomic mass is 10.2. The van der Waals surface area contributed by atoms with Gasteiger partial charge in [0.15, 0.2) is 0 Å². The Bertz CT molecular complexity index is 411. The Hall–Kier alpha value is -1.32. The lowest BCUT2D eigenvalue weighted by Crippen LogP contribution is -1.99. The predicted molar refractivity (Wildman–Crippen MR) is 63.0 cm³/mol. The van der Waals surface area contributed by atoms with E-state index in [-0.39, 0.29) is 0 Å². The van der Waals surface area contributed by atoms with E-state index in [2.05, 4.69) is 12.1 Å². The topological polar surface area (TPSA) is 35.2 Å². The monoisotopic (exact) mass is 219 g/mol. The van der Waals surface area contributed by atoms with E-state index >= 15 is 0 Å². The van der Waals surface area contributed by atoms with Crippen LogP contribution in [0.25, 0.3) is 0 Å². The summed E-state index contributed by atoms with van der Waals surface area (Å²) in [4.78, 5) is 1.10. The maximum atomic E-state index is 5.68. The quantitative estimate of drug-likeness (QED) is 0.858. The van der Waals surface area contributed by atoms with Gasteiger partial charge in [-0.15, -0.1) is 11.3 Å². The predicted octanol–water partition coefficient (Wildman–Crippen LogP) is 2.79. The van der Waals surface area contributed by atoms with Crippen LogP contribution in [0.15, 0.2) is 41.8 Å². The molecule has 15 heavy (non-hydrogen) atoms. The molecule has 0 saturated carbocycles. The Morgan fingerprint density at radius 3 is 2.67 bits per heavy atom. The van der Waals surface area contributed by atoms with Gasteiger partial charge in [0, 0.05) is 6.54 Å². The van der Waals surface area contributed by atoms with Crippen LogP contribution in [-0.2, 0) is 13.2 Å². The highest BCUT2D eigenvalue weighted by atomic mass is 32.1. The van der Waals surface area contributed by atoms with Crippen molar-refractivity contribution in [2.24, 2.45) is 5.73 Å². The number of ether oxygens (including phenoxy) is 1. The third-order valence-electron chi connectivity index (χ3n) is 2.13. The minimum atomic E-state index is 0.543. The van der Waals surface area contributed by atoms with E-state index < -0.39 is 0 Å². The highest BCUT2D eigenvalue weighted by Crippen LogP contribution is 2.24. The second-order valence-corrected chi connectivity index (χ2v) is 4.19. The zero-order valence-corrected chi connectivity index (χ0v) is 9.17. The smallest absolute Gasteiger partial charge is 0.134 e. The molecule has 0 amide bonds. The fourth-order valence-corrected chi connectivity index (χ4v) is 2.04. The Kier molecular flexibility index (Phi) is 3.37. The minimum Gasteiger partial charge on any atom is -0.488 e. The lowest BCUT2D eigenvalue weighted by Gasteiger charge is -2.05. The van der Waals surface area contributed by atoms with Gasteiger partial charge in [-0.2, -0.15) is 0 Å². The molecular formula is C12H13NOS. The first-order chi connectivity index (χ1) is 7.40. The van der Waals surface area contributed by atoms with Crippen molar-refractivity contribution in [3.05, 3.63) is 52.2 Å². The van der Waals surface area contributed by atoms with Crippen molar-refractivity contribution in [3.63, 3.8) is 0 Å². The molecule has 2 nitrogen and oxygen atoms in total. The molecule has 1 aromatic heterocycles. The third-order valence-corrected chi connectivity index (χ3v) is 3.05. The van der Waals surface area contributed by atoms with Gasteiger partial charge in [0.05, 0.1) is 4.88 Å². The summed E-state index contributed by atoms with van der Waals surface area (Å²) in [6.07, 6.45) is 0. The highest BCUT2D eigenvalue weighted by molar-refractivity contribution is 7.10. The number of hydrogen-bond acceptors (Lipinski definition) is 3. The van der Waals surface area contributed by atoms with Crippen LogP contribution in [0.4, 0.5) is 0 Å². The fraction of sp³-hybridized carbons (Fsp3) is 0.167. The zero-order valence-electron chi connectivity index (χ0n) is 8.35. The summed E-state index contributed by atoms with van der Waals surface area (Å²) in [5, 5.41) is 2.00. The molecule has 0 aliphatic carbocycles. The molecule has 3 heteroatoms. The molecule has 0 atom stereocenters. The molecule has 2 N–H and O–H groups in total. The minimum absolute atomic E-state index is 0.543. The first-order valence-electron chi connectivity index (χ1n) is 4.83. The van der Waals surface area contributed by atoms with Crippen molar-refractivity contribution in [1.82, 2.24) is 0 Å². The fourth-order valence-electron chi connectivity index (χ4n) is 1.34. The van der Waals surface area contributed by atoms with Gasteiger partial charge in [-0.25, -0.2) is 0 Å². The molecule has 78 valence electrons. The largest absolute Gasteiger partial charge is 0.488 e. The van der Waals surface area contributed by atoms with E-state index in [0.29, 0.717) is 13.2 Å². The van der Waals surface area contributed by atoms with Crippen LogP contribution in [0, 0.1) is 0 Å². The van der Waals surface area contributed by atoms with Crippen LogP contribution in [0.3, 0.4) is 0 Å². The molecule has 2 aromatic rings. The number of thiophene rings is 1. The van der Waals surface area contributed by atoms with Gasteiger partial charge in [-0.3, -0.25) is 0 Å². The van der Waals surface area contributed by atoms with Gasteiger partial charge in [0.2, 0.25) is 0 Å². The van der Waals surface area contributed by atoms with Crippen molar-refractivity contribution >= 4 is 11.3 Å². The van der Waals surface area contributed by atoms with Gasteiger partial charge in [0.25, 0.3) is 0 Å². The summed E-state index contributed by atoms with van der Waals surface area (Å²) < 4.78 is 5.68. The molecule has 1 heterocycles. The van der Waals surface area contributed by atoms with Crippen LogP contribution in [0.2, 0.25) is 0 Å². The lowest BCUT2D eigenvalue weighted by molar-refractivity contribution is 0.305.